The second-order valence-electron chi connectivity index (χ2n) is 6.83. The van der Waals surface area contributed by atoms with Crippen molar-refractivity contribution in [2.75, 3.05) is 6.54 Å². The molecule has 5 rings (SSSR count). The Morgan fingerprint density at radius 3 is 2.79 bits per heavy atom. The lowest BCUT2D eigenvalue weighted by molar-refractivity contribution is 0.0908. The fourth-order valence-electron chi connectivity index (χ4n) is 3.60. The van der Waals surface area contributed by atoms with Crippen LogP contribution in [0.25, 0.3) is 22.1 Å². The molecule has 28 heavy (non-hydrogen) atoms. The van der Waals surface area contributed by atoms with Crippen LogP contribution in [0.4, 0.5) is 0 Å². The smallest absolute Gasteiger partial charge is 0.287 e. The van der Waals surface area contributed by atoms with Crippen LogP contribution in [-0.2, 0) is 6.42 Å². The van der Waals surface area contributed by atoms with E-state index in [4.69, 9.17) is 9.15 Å². The van der Waals surface area contributed by atoms with Crippen LogP contribution >= 0.6 is 0 Å². The van der Waals surface area contributed by atoms with Crippen molar-refractivity contribution >= 4 is 16.9 Å². The van der Waals surface area contributed by atoms with E-state index in [9.17, 15) is 4.79 Å². The zero-order valence-corrected chi connectivity index (χ0v) is 15.1. The summed E-state index contributed by atoms with van der Waals surface area (Å²) in [5.74, 6) is 0.969. The predicted octanol–water partition coefficient (Wildman–Crippen LogP) is 4.23. The summed E-state index contributed by atoms with van der Waals surface area (Å²) < 4.78 is 11.8. The van der Waals surface area contributed by atoms with Gasteiger partial charge in [0.25, 0.3) is 5.91 Å². The Balaban J connectivity index is 1.29. The van der Waals surface area contributed by atoms with Crippen molar-refractivity contribution in [1.82, 2.24) is 10.3 Å². The Morgan fingerprint density at radius 1 is 1.07 bits per heavy atom. The minimum atomic E-state index is -0.231. The first kappa shape index (κ1) is 16.6. The van der Waals surface area contributed by atoms with Gasteiger partial charge in [-0.15, -0.1) is 0 Å². The van der Waals surface area contributed by atoms with Gasteiger partial charge in [-0.05, 0) is 35.4 Å². The third kappa shape index (κ3) is 3.01. The molecule has 0 fully saturated rings. The highest BCUT2D eigenvalue weighted by atomic mass is 16.5. The first-order chi connectivity index (χ1) is 13.8. The van der Waals surface area contributed by atoms with Crippen LogP contribution < -0.4 is 10.1 Å². The van der Waals surface area contributed by atoms with Gasteiger partial charge in [0.2, 0.25) is 0 Å². The average Bonchev–Trinajstić information content (AvgIpc) is 3.36. The SMILES string of the molecule is O=C(NC[C@@H]1Cc2cccc(-c3ccncc3)c2O1)c1cc2ccccc2o1. The normalized spacial score (nSPS) is 15.2. The summed E-state index contributed by atoms with van der Waals surface area (Å²) in [5.41, 5.74) is 3.97. The molecule has 0 radical (unpaired) electrons. The second-order valence-corrected chi connectivity index (χ2v) is 6.83. The molecular weight excluding hydrogens is 352 g/mol. The molecule has 0 bridgehead atoms. The molecule has 0 unspecified atom stereocenters. The molecule has 1 aliphatic heterocycles. The van der Waals surface area contributed by atoms with Crippen LogP contribution in [0.3, 0.4) is 0 Å². The number of hydrogen-bond donors (Lipinski definition) is 1. The Morgan fingerprint density at radius 2 is 1.93 bits per heavy atom. The zero-order valence-electron chi connectivity index (χ0n) is 15.1. The molecule has 1 aliphatic rings. The fraction of sp³-hybridized carbons (Fsp3) is 0.130. The van der Waals surface area contributed by atoms with Crippen LogP contribution in [0.1, 0.15) is 16.1 Å². The Labute approximate surface area is 162 Å². The van der Waals surface area contributed by atoms with Gasteiger partial charge in [-0.3, -0.25) is 9.78 Å². The Bertz CT molecular complexity index is 1120. The molecule has 4 aromatic rings. The maximum atomic E-state index is 12.5. The topological polar surface area (TPSA) is 64.4 Å². The number of ether oxygens (including phenoxy) is 1. The third-order valence-corrected chi connectivity index (χ3v) is 4.96. The van der Waals surface area contributed by atoms with Crippen LogP contribution in [0.15, 0.2) is 77.5 Å². The van der Waals surface area contributed by atoms with Crippen LogP contribution in [0, 0.1) is 0 Å². The molecule has 2 aromatic carbocycles. The molecule has 3 heterocycles. The van der Waals surface area contributed by atoms with Crippen molar-refractivity contribution in [2.45, 2.75) is 12.5 Å². The number of fused-ring (bicyclic) bond motifs is 2. The second kappa shape index (κ2) is 6.85. The number of amides is 1. The highest BCUT2D eigenvalue weighted by molar-refractivity contribution is 5.96. The van der Waals surface area contributed by atoms with Gasteiger partial charge in [-0.25, -0.2) is 0 Å². The lowest BCUT2D eigenvalue weighted by Gasteiger charge is -2.13. The number of hydrogen-bond acceptors (Lipinski definition) is 4. The summed E-state index contributed by atoms with van der Waals surface area (Å²) in [4.78, 5) is 16.5. The van der Waals surface area contributed by atoms with Gasteiger partial charge in [0.1, 0.15) is 17.4 Å². The van der Waals surface area contributed by atoms with Gasteiger partial charge in [0, 0.05) is 29.8 Å². The summed E-state index contributed by atoms with van der Waals surface area (Å²) in [6.45, 7) is 0.417. The maximum absolute atomic E-state index is 12.5. The van der Waals surface area contributed by atoms with E-state index in [1.54, 1.807) is 18.5 Å². The number of benzene rings is 2. The van der Waals surface area contributed by atoms with Crippen LogP contribution in [-0.4, -0.2) is 23.5 Å². The average molecular weight is 370 g/mol. The van der Waals surface area contributed by atoms with E-state index in [2.05, 4.69) is 16.4 Å². The maximum Gasteiger partial charge on any atom is 0.287 e. The quantitative estimate of drug-likeness (QED) is 0.584. The summed E-state index contributed by atoms with van der Waals surface area (Å²) in [6.07, 6.45) is 4.20. The third-order valence-electron chi connectivity index (χ3n) is 4.96. The molecule has 1 atom stereocenters. The molecule has 0 spiro atoms. The number of nitrogens with one attached hydrogen (secondary N) is 1. The predicted molar refractivity (Wildman–Crippen MR) is 106 cm³/mol. The van der Waals surface area contributed by atoms with E-state index < -0.39 is 0 Å². The largest absolute Gasteiger partial charge is 0.487 e. The Kier molecular flexibility index (Phi) is 4.05. The number of aromatic nitrogens is 1. The summed E-state index contributed by atoms with van der Waals surface area (Å²) in [6, 6.07) is 19.4. The van der Waals surface area contributed by atoms with E-state index in [0.29, 0.717) is 17.9 Å². The molecule has 138 valence electrons. The van der Waals surface area contributed by atoms with Crippen molar-refractivity contribution in [3.63, 3.8) is 0 Å². The number of carbonyl (C=O) groups excluding carboxylic acids is 1. The number of pyridine rings is 1. The summed E-state index contributed by atoms with van der Waals surface area (Å²) in [7, 11) is 0. The molecule has 5 heteroatoms. The van der Waals surface area contributed by atoms with Crippen molar-refractivity contribution in [3.05, 3.63) is 84.4 Å². The van der Waals surface area contributed by atoms with Gasteiger partial charge in [0.15, 0.2) is 5.76 Å². The van der Waals surface area contributed by atoms with Gasteiger partial charge in [0.05, 0.1) is 6.54 Å². The summed E-state index contributed by atoms with van der Waals surface area (Å²) in [5, 5.41) is 3.84. The summed E-state index contributed by atoms with van der Waals surface area (Å²) >= 11 is 0. The highest BCUT2D eigenvalue weighted by Crippen LogP contribution is 2.38. The van der Waals surface area contributed by atoms with Crippen LogP contribution in [0.2, 0.25) is 0 Å². The molecule has 2 aromatic heterocycles. The molecule has 0 saturated heterocycles. The van der Waals surface area contributed by atoms with Gasteiger partial charge in [-0.2, -0.15) is 0 Å². The van der Waals surface area contributed by atoms with Crippen molar-refractivity contribution in [3.8, 4) is 16.9 Å². The van der Waals surface area contributed by atoms with E-state index in [1.807, 2.05) is 48.5 Å². The number of nitrogens with zero attached hydrogens (tertiary/aromatic N) is 1. The number of furan rings is 1. The standard InChI is InChI=1S/C23H18N2O3/c26-23(21-13-16-4-1-2-7-20(16)28-21)25-14-18-12-17-5-3-6-19(22(17)27-18)15-8-10-24-11-9-15/h1-11,13,18H,12,14H2,(H,25,26)/t18-/m0/s1. The highest BCUT2D eigenvalue weighted by Gasteiger charge is 2.26. The molecule has 0 saturated carbocycles. The first-order valence-corrected chi connectivity index (χ1v) is 9.23. The van der Waals surface area contributed by atoms with Crippen LogP contribution in [0.5, 0.6) is 5.75 Å². The zero-order chi connectivity index (χ0) is 18.9. The lowest BCUT2D eigenvalue weighted by Crippen LogP contribution is -2.34. The fourth-order valence-corrected chi connectivity index (χ4v) is 3.60. The van der Waals surface area contributed by atoms with Crippen molar-refractivity contribution in [2.24, 2.45) is 0 Å². The van der Waals surface area contributed by atoms with Gasteiger partial charge in [-0.1, -0.05) is 36.4 Å². The molecule has 5 nitrogen and oxygen atoms in total. The number of rotatable bonds is 4. The van der Waals surface area contributed by atoms with E-state index >= 15 is 0 Å². The number of para-hydroxylation sites is 2. The molecule has 1 amide bonds. The molecule has 0 aliphatic carbocycles. The molecular formula is C23H18N2O3. The first-order valence-electron chi connectivity index (χ1n) is 9.23. The van der Waals surface area contributed by atoms with Gasteiger partial charge < -0.3 is 14.5 Å². The van der Waals surface area contributed by atoms with Crippen molar-refractivity contribution in [1.29, 1.82) is 0 Å². The van der Waals surface area contributed by atoms with Gasteiger partial charge >= 0.3 is 0 Å². The van der Waals surface area contributed by atoms with E-state index in [0.717, 1.165) is 34.2 Å². The number of carbonyl (C=O) groups is 1. The van der Waals surface area contributed by atoms with E-state index in [1.165, 1.54) is 0 Å². The van der Waals surface area contributed by atoms with E-state index in [-0.39, 0.29) is 12.0 Å². The minimum Gasteiger partial charge on any atom is -0.487 e. The monoisotopic (exact) mass is 370 g/mol. The minimum absolute atomic E-state index is 0.105. The van der Waals surface area contributed by atoms with Crippen molar-refractivity contribution < 1.29 is 13.9 Å². The Hall–Kier alpha value is -3.60. The lowest BCUT2D eigenvalue weighted by atomic mass is 10.0. The molecule has 1 N–H and O–H groups in total.